The molecule has 0 bridgehead atoms. The first-order chi connectivity index (χ1) is 13.0. The fraction of sp³-hybridized carbons (Fsp3) is 0.429. The Morgan fingerprint density at radius 1 is 1.26 bits per heavy atom. The van der Waals surface area contributed by atoms with Gasteiger partial charge in [0.1, 0.15) is 0 Å². The highest BCUT2D eigenvalue weighted by Crippen LogP contribution is 2.37. The summed E-state index contributed by atoms with van der Waals surface area (Å²) in [6, 6.07) is 10.4. The SMILES string of the molecule is COCCN(CC(=O)N1CCc2sccc2[C@H]1c1ccc(C)cc1)C(C)=O. The Labute approximate surface area is 164 Å². The molecule has 0 saturated heterocycles. The van der Waals surface area contributed by atoms with Gasteiger partial charge in [-0.2, -0.15) is 0 Å². The number of benzene rings is 1. The molecule has 1 aliphatic heterocycles. The highest BCUT2D eigenvalue weighted by Gasteiger charge is 2.33. The predicted octanol–water partition coefficient (Wildman–Crippen LogP) is 3.03. The van der Waals surface area contributed by atoms with E-state index < -0.39 is 0 Å². The lowest BCUT2D eigenvalue weighted by atomic mass is 9.92. The fourth-order valence-corrected chi connectivity index (χ4v) is 4.40. The van der Waals surface area contributed by atoms with E-state index in [4.69, 9.17) is 4.74 Å². The van der Waals surface area contributed by atoms with Crippen LogP contribution in [0.4, 0.5) is 0 Å². The molecular formula is C21H26N2O3S. The van der Waals surface area contributed by atoms with Crippen molar-refractivity contribution >= 4 is 23.2 Å². The molecule has 0 fully saturated rings. The van der Waals surface area contributed by atoms with Gasteiger partial charge in [0.2, 0.25) is 11.8 Å². The molecule has 6 heteroatoms. The Morgan fingerprint density at radius 3 is 2.67 bits per heavy atom. The fourth-order valence-electron chi connectivity index (χ4n) is 3.50. The number of fused-ring (bicyclic) bond motifs is 1. The van der Waals surface area contributed by atoms with Gasteiger partial charge in [0.25, 0.3) is 0 Å². The Morgan fingerprint density at radius 2 is 2.00 bits per heavy atom. The van der Waals surface area contributed by atoms with Crippen molar-refractivity contribution in [3.05, 3.63) is 57.3 Å². The maximum Gasteiger partial charge on any atom is 0.242 e. The number of aryl methyl sites for hydroxylation is 1. The Bertz CT molecular complexity index is 800. The Hall–Kier alpha value is -2.18. The number of amides is 2. The maximum atomic E-state index is 13.2. The van der Waals surface area contributed by atoms with Crippen molar-refractivity contribution < 1.29 is 14.3 Å². The summed E-state index contributed by atoms with van der Waals surface area (Å²) in [7, 11) is 1.59. The first-order valence-corrected chi connectivity index (χ1v) is 10.1. The average molecular weight is 387 g/mol. The van der Waals surface area contributed by atoms with E-state index in [2.05, 4.69) is 42.6 Å². The molecule has 0 radical (unpaired) electrons. The first kappa shape index (κ1) is 19.6. The van der Waals surface area contributed by atoms with Gasteiger partial charge in [-0.05, 0) is 35.9 Å². The molecule has 1 aliphatic rings. The molecule has 1 aromatic heterocycles. The number of carbonyl (C=O) groups excluding carboxylic acids is 2. The Kier molecular flexibility index (Phi) is 6.29. The minimum Gasteiger partial charge on any atom is -0.383 e. The molecule has 2 amide bonds. The first-order valence-electron chi connectivity index (χ1n) is 9.18. The minimum atomic E-state index is -0.111. The highest BCUT2D eigenvalue weighted by atomic mass is 32.1. The van der Waals surface area contributed by atoms with E-state index in [1.807, 2.05) is 4.90 Å². The van der Waals surface area contributed by atoms with Crippen LogP contribution in [0.1, 0.15) is 34.5 Å². The quantitative estimate of drug-likeness (QED) is 0.767. The van der Waals surface area contributed by atoms with Crippen molar-refractivity contribution in [3.8, 4) is 0 Å². The Balaban J connectivity index is 1.87. The highest BCUT2D eigenvalue weighted by molar-refractivity contribution is 7.10. The zero-order valence-electron chi connectivity index (χ0n) is 16.1. The molecule has 0 spiro atoms. The van der Waals surface area contributed by atoms with Crippen LogP contribution >= 0.6 is 11.3 Å². The second-order valence-electron chi connectivity index (χ2n) is 6.88. The lowest BCUT2D eigenvalue weighted by Crippen LogP contribution is -2.47. The van der Waals surface area contributed by atoms with Gasteiger partial charge in [0.15, 0.2) is 0 Å². The van der Waals surface area contributed by atoms with Gasteiger partial charge in [-0.3, -0.25) is 9.59 Å². The number of nitrogens with zero attached hydrogens (tertiary/aromatic N) is 2. The van der Waals surface area contributed by atoms with Gasteiger partial charge in [0.05, 0.1) is 19.2 Å². The largest absolute Gasteiger partial charge is 0.383 e. The van der Waals surface area contributed by atoms with Crippen LogP contribution in [-0.2, 0) is 20.7 Å². The summed E-state index contributed by atoms with van der Waals surface area (Å²) in [6.07, 6.45) is 0.860. The van der Waals surface area contributed by atoms with E-state index in [1.54, 1.807) is 23.3 Å². The topological polar surface area (TPSA) is 49.9 Å². The van der Waals surface area contributed by atoms with E-state index in [1.165, 1.54) is 22.9 Å². The van der Waals surface area contributed by atoms with Crippen molar-refractivity contribution in [1.82, 2.24) is 9.80 Å². The van der Waals surface area contributed by atoms with Crippen LogP contribution < -0.4 is 0 Å². The monoisotopic (exact) mass is 386 g/mol. The molecule has 2 heterocycles. The van der Waals surface area contributed by atoms with Crippen molar-refractivity contribution in [1.29, 1.82) is 0 Å². The van der Waals surface area contributed by atoms with Crippen LogP contribution in [0.15, 0.2) is 35.7 Å². The third kappa shape index (κ3) is 4.39. The summed E-state index contributed by atoms with van der Waals surface area (Å²) < 4.78 is 5.07. The third-order valence-corrected chi connectivity index (χ3v) is 6.01. The van der Waals surface area contributed by atoms with Gasteiger partial charge < -0.3 is 14.5 Å². The van der Waals surface area contributed by atoms with Gasteiger partial charge in [-0.1, -0.05) is 29.8 Å². The van der Waals surface area contributed by atoms with Crippen molar-refractivity contribution in [3.63, 3.8) is 0 Å². The summed E-state index contributed by atoms with van der Waals surface area (Å²) in [6.45, 7) is 5.15. The molecule has 3 rings (SSSR count). The van der Waals surface area contributed by atoms with E-state index in [9.17, 15) is 9.59 Å². The maximum absolute atomic E-state index is 13.2. The van der Waals surface area contributed by atoms with Gasteiger partial charge in [-0.15, -0.1) is 11.3 Å². The van der Waals surface area contributed by atoms with Gasteiger partial charge >= 0.3 is 0 Å². The van der Waals surface area contributed by atoms with Crippen molar-refractivity contribution in [2.45, 2.75) is 26.3 Å². The van der Waals surface area contributed by atoms with Crippen molar-refractivity contribution in [2.75, 3.05) is 33.4 Å². The number of ether oxygens (including phenoxy) is 1. The zero-order chi connectivity index (χ0) is 19.4. The minimum absolute atomic E-state index is 0.0243. The van der Waals surface area contributed by atoms with E-state index >= 15 is 0 Å². The molecule has 1 atom stereocenters. The predicted molar refractivity (Wildman–Crippen MR) is 107 cm³/mol. The molecule has 0 saturated carbocycles. The molecule has 0 N–H and O–H groups in total. The van der Waals surface area contributed by atoms with Gasteiger partial charge in [-0.25, -0.2) is 0 Å². The lowest BCUT2D eigenvalue weighted by Gasteiger charge is -2.37. The summed E-state index contributed by atoms with van der Waals surface area (Å²) in [5, 5.41) is 2.10. The molecule has 2 aromatic rings. The average Bonchev–Trinajstić information content (AvgIpc) is 3.13. The normalized spacial score (nSPS) is 16.1. The van der Waals surface area contributed by atoms with Crippen LogP contribution in [0.25, 0.3) is 0 Å². The van der Waals surface area contributed by atoms with Crippen LogP contribution in [0.5, 0.6) is 0 Å². The number of hydrogen-bond acceptors (Lipinski definition) is 4. The second kappa shape index (κ2) is 8.67. The number of rotatable bonds is 6. The summed E-state index contributed by atoms with van der Waals surface area (Å²) in [4.78, 5) is 29.9. The third-order valence-electron chi connectivity index (χ3n) is 5.02. The molecular weight excluding hydrogens is 360 g/mol. The van der Waals surface area contributed by atoms with Gasteiger partial charge in [0, 0.05) is 32.0 Å². The van der Waals surface area contributed by atoms with E-state index in [-0.39, 0.29) is 24.4 Å². The number of carbonyl (C=O) groups is 2. The lowest BCUT2D eigenvalue weighted by molar-refractivity contribution is -0.141. The second-order valence-corrected chi connectivity index (χ2v) is 7.88. The van der Waals surface area contributed by atoms with Crippen LogP contribution in [0.2, 0.25) is 0 Å². The van der Waals surface area contributed by atoms with E-state index in [0.717, 1.165) is 12.0 Å². The van der Waals surface area contributed by atoms with Crippen LogP contribution in [0, 0.1) is 6.92 Å². The summed E-state index contributed by atoms with van der Waals surface area (Å²) in [5.74, 6) is -0.135. The standard InChI is InChI=1S/C21H26N2O3S/c1-15-4-6-17(7-5-15)21-18-9-13-27-19(18)8-10-23(21)20(25)14-22(16(2)24)11-12-26-3/h4-7,9,13,21H,8,10-12,14H2,1-3H3/t21-/m1/s1. The smallest absolute Gasteiger partial charge is 0.242 e. The molecule has 27 heavy (non-hydrogen) atoms. The van der Waals surface area contributed by atoms with E-state index in [0.29, 0.717) is 19.7 Å². The zero-order valence-corrected chi connectivity index (χ0v) is 16.9. The molecule has 5 nitrogen and oxygen atoms in total. The number of hydrogen-bond donors (Lipinski definition) is 0. The number of methoxy groups -OCH3 is 1. The van der Waals surface area contributed by atoms with Crippen molar-refractivity contribution in [2.24, 2.45) is 0 Å². The molecule has 144 valence electrons. The molecule has 0 aliphatic carbocycles. The molecule has 0 unspecified atom stereocenters. The molecule has 1 aromatic carbocycles. The number of thiophene rings is 1. The summed E-state index contributed by atoms with van der Waals surface area (Å²) in [5.41, 5.74) is 3.51. The van der Waals surface area contributed by atoms with Crippen LogP contribution in [0.3, 0.4) is 0 Å². The van der Waals surface area contributed by atoms with Crippen LogP contribution in [-0.4, -0.2) is 55.0 Å². The summed E-state index contributed by atoms with van der Waals surface area (Å²) >= 11 is 1.75.